The first-order valence-electron chi connectivity index (χ1n) is 6.71. The van der Waals surface area contributed by atoms with Gasteiger partial charge in [-0.2, -0.15) is 0 Å². The van der Waals surface area contributed by atoms with E-state index >= 15 is 0 Å². The lowest BCUT2D eigenvalue weighted by atomic mass is 10.1. The van der Waals surface area contributed by atoms with Gasteiger partial charge in [0.1, 0.15) is 5.82 Å². The summed E-state index contributed by atoms with van der Waals surface area (Å²) in [5.74, 6) is 0.944. The van der Waals surface area contributed by atoms with Crippen LogP contribution in [0, 0.1) is 6.92 Å². The summed E-state index contributed by atoms with van der Waals surface area (Å²) >= 11 is 0. The Morgan fingerprint density at radius 2 is 1.84 bits per heavy atom. The van der Waals surface area contributed by atoms with Gasteiger partial charge in [0.05, 0.1) is 0 Å². The Morgan fingerprint density at radius 3 is 2.58 bits per heavy atom. The number of pyridine rings is 1. The van der Waals surface area contributed by atoms with E-state index in [0.717, 1.165) is 48.3 Å². The van der Waals surface area contributed by atoms with E-state index in [1.807, 2.05) is 12.1 Å². The van der Waals surface area contributed by atoms with Crippen LogP contribution in [-0.4, -0.2) is 43.1 Å². The largest absolute Gasteiger partial charge is 0.356 e. The summed E-state index contributed by atoms with van der Waals surface area (Å²) in [6.45, 7) is 6.05. The van der Waals surface area contributed by atoms with E-state index in [0.29, 0.717) is 0 Å². The van der Waals surface area contributed by atoms with Crippen LogP contribution >= 0.6 is 0 Å². The second-order valence-electron chi connectivity index (χ2n) is 5.31. The van der Waals surface area contributed by atoms with Gasteiger partial charge in [0, 0.05) is 31.6 Å². The predicted octanol–water partition coefficient (Wildman–Crippen LogP) is 1.59. The molecule has 0 aliphatic carbocycles. The van der Waals surface area contributed by atoms with Crippen molar-refractivity contribution in [2.24, 2.45) is 0 Å². The number of H-pyrrole nitrogens is 1. The molecule has 0 bridgehead atoms. The van der Waals surface area contributed by atoms with E-state index < -0.39 is 0 Å². The van der Waals surface area contributed by atoms with Crippen molar-refractivity contribution in [3.63, 3.8) is 0 Å². The highest BCUT2D eigenvalue weighted by Gasteiger charge is 2.16. The summed E-state index contributed by atoms with van der Waals surface area (Å²) in [5.41, 5.74) is 1.16. The summed E-state index contributed by atoms with van der Waals surface area (Å²) in [7, 11) is 2.13. The number of piperazine rings is 1. The van der Waals surface area contributed by atoms with Gasteiger partial charge in [-0.25, -0.2) is 0 Å². The molecule has 1 fully saturated rings. The Kier molecular flexibility index (Phi) is 3.03. The topological polar surface area (TPSA) is 39.3 Å². The van der Waals surface area contributed by atoms with E-state index in [9.17, 15) is 4.79 Å². The fourth-order valence-corrected chi connectivity index (χ4v) is 2.64. The molecule has 2 aromatic rings. The van der Waals surface area contributed by atoms with Gasteiger partial charge >= 0.3 is 0 Å². The maximum absolute atomic E-state index is 12.2. The maximum atomic E-state index is 12.2. The standard InChI is InChI=1S/C15H19N3O/c1-11-4-3-5-12-13(11)10-14(16-15(12)19)18-8-6-17(2)7-9-18/h3-5,10H,6-9H2,1-2H3,(H,16,19). The number of hydrogen-bond acceptors (Lipinski definition) is 3. The fraction of sp³-hybridized carbons (Fsp3) is 0.400. The number of anilines is 1. The van der Waals surface area contributed by atoms with Crippen molar-refractivity contribution < 1.29 is 0 Å². The Balaban J connectivity index is 2.06. The average molecular weight is 257 g/mol. The van der Waals surface area contributed by atoms with E-state index in [2.05, 4.69) is 40.9 Å². The summed E-state index contributed by atoms with van der Waals surface area (Å²) < 4.78 is 0. The number of benzene rings is 1. The lowest BCUT2D eigenvalue weighted by Gasteiger charge is -2.33. The maximum Gasteiger partial charge on any atom is 0.257 e. The van der Waals surface area contributed by atoms with E-state index in [1.165, 1.54) is 0 Å². The van der Waals surface area contributed by atoms with Crippen LogP contribution in [0.15, 0.2) is 29.1 Å². The molecule has 1 aliphatic rings. The number of likely N-dealkylation sites (N-methyl/N-ethyl adjacent to an activating group) is 1. The van der Waals surface area contributed by atoms with E-state index in [1.54, 1.807) is 0 Å². The first-order valence-corrected chi connectivity index (χ1v) is 6.71. The molecule has 2 heterocycles. The van der Waals surface area contributed by atoms with Crippen molar-refractivity contribution in [2.45, 2.75) is 6.92 Å². The molecule has 1 saturated heterocycles. The number of nitrogens with one attached hydrogen (secondary N) is 1. The van der Waals surface area contributed by atoms with Crippen LogP contribution in [0.4, 0.5) is 5.82 Å². The first kappa shape index (κ1) is 12.2. The normalized spacial score (nSPS) is 17.1. The van der Waals surface area contributed by atoms with Gasteiger partial charge < -0.3 is 14.8 Å². The Labute approximate surface area is 112 Å². The number of nitrogens with zero attached hydrogens (tertiary/aromatic N) is 2. The van der Waals surface area contributed by atoms with Crippen molar-refractivity contribution in [2.75, 3.05) is 38.1 Å². The minimum absolute atomic E-state index is 0.00938. The second kappa shape index (κ2) is 4.70. The third-order valence-electron chi connectivity index (χ3n) is 3.94. The molecule has 19 heavy (non-hydrogen) atoms. The van der Waals surface area contributed by atoms with Crippen LogP contribution in [0.1, 0.15) is 5.56 Å². The van der Waals surface area contributed by atoms with Crippen LogP contribution in [0.25, 0.3) is 10.8 Å². The summed E-state index contributed by atoms with van der Waals surface area (Å²) in [5, 5.41) is 1.83. The van der Waals surface area contributed by atoms with Gasteiger partial charge in [-0.1, -0.05) is 12.1 Å². The minimum atomic E-state index is 0.00938. The first-order chi connectivity index (χ1) is 9.15. The number of rotatable bonds is 1. The molecule has 0 saturated carbocycles. The molecule has 1 aromatic heterocycles. The van der Waals surface area contributed by atoms with Gasteiger partial charge in [0.15, 0.2) is 0 Å². The van der Waals surface area contributed by atoms with Crippen molar-refractivity contribution in [3.05, 3.63) is 40.2 Å². The van der Waals surface area contributed by atoms with Crippen LogP contribution in [-0.2, 0) is 0 Å². The minimum Gasteiger partial charge on any atom is -0.356 e. The molecule has 1 aliphatic heterocycles. The summed E-state index contributed by atoms with van der Waals surface area (Å²) in [6, 6.07) is 7.98. The van der Waals surface area contributed by atoms with Crippen LogP contribution < -0.4 is 10.5 Å². The number of aryl methyl sites for hydroxylation is 1. The molecular weight excluding hydrogens is 238 g/mol. The van der Waals surface area contributed by atoms with Crippen molar-refractivity contribution in [1.29, 1.82) is 0 Å². The van der Waals surface area contributed by atoms with Crippen LogP contribution in [0.3, 0.4) is 0 Å². The van der Waals surface area contributed by atoms with Crippen LogP contribution in [0.2, 0.25) is 0 Å². The predicted molar refractivity (Wildman–Crippen MR) is 79.0 cm³/mol. The lowest BCUT2D eigenvalue weighted by Crippen LogP contribution is -2.45. The SMILES string of the molecule is Cc1cccc2c(=O)[nH]c(N3CCN(C)CC3)cc12. The Morgan fingerprint density at radius 1 is 1.11 bits per heavy atom. The monoisotopic (exact) mass is 257 g/mol. The van der Waals surface area contributed by atoms with Gasteiger partial charge in [-0.3, -0.25) is 4.79 Å². The zero-order chi connectivity index (χ0) is 13.4. The molecule has 4 heteroatoms. The van der Waals surface area contributed by atoms with Gasteiger partial charge in [0.25, 0.3) is 5.56 Å². The fourth-order valence-electron chi connectivity index (χ4n) is 2.64. The van der Waals surface area contributed by atoms with Gasteiger partial charge in [-0.15, -0.1) is 0 Å². The molecule has 0 spiro atoms. The molecule has 3 rings (SSSR count). The average Bonchev–Trinajstić information content (AvgIpc) is 2.41. The second-order valence-corrected chi connectivity index (χ2v) is 5.31. The highest BCUT2D eigenvalue weighted by Crippen LogP contribution is 2.20. The highest BCUT2D eigenvalue weighted by atomic mass is 16.1. The molecule has 1 N–H and O–H groups in total. The molecule has 100 valence electrons. The highest BCUT2D eigenvalue weighted by molar-refractivity contribution is 5.86. The number of aromatic nitrogens is 1. The van der Waals surface area contributed by atoms with E-state index in [-0.39, 0.29) is 5.56 Å². The lowest BCUT2D eigenvalue weighted by molar-refractivity contribution is 0.312. The summed E-state index contributed by atoms with van der Waals surface area (Å²) in [6.07, 6.45) is 0. The zero-order valence-corrected chi connectivity index (χ0v) is 11.4. The Bertz CT molecular complexity index is 654. The quantitative estimate of drug-likeness (QED) is 0.843. The molecule has 1 aromatic carbocycles. The number of fused-ring (bicyclic) bond motifs is 1. The van der Waals surface area contributed by atoms with Crippen molar-refractivity contribution in [1.82, 2.24) is 9.88 Å². The third kappa shape index (κ3) is 2.24. The van der Waals surface area contributed by atoms with Crippen LogP contribution in [0.5, 0.6) is 0 Å². The zero-order valence-electron chi connectivity index (χ0n) is 11.4. The molecule has 0 atom stereocenters. The smallest absolute Gasteiger partial charge is 0.257 e. The summed E-state index contributed by atoms with van der Waals surface area (Å²) in [4.78, 5) is 19.7. The van der Waals surface area contributed by atoms with Gasteiger partial charge in [0.2, 0.25) is 0 Å². The third-order valence-corrected chi connectivity index (χ3v) is 3.94. The molecule has 0 radical (unpaired) electrons. The molecule has 4 nitrogen and oxygen atoms in total. The molecular formula is C15H19N3O. The molecule has 0 amide bonds. The molecule has 0 unspecified atom stereocenters. The van der Waals surface area contributed by atoms with Crippen molar-refractivity contribution in [3.8, 4) is 0 Å². The van der Waals surface area contributed by atoms with E-state index in [4.69, 9.17) is 0 Å². The van der Waals surface area contributed by atoms with Crippen molar-refractivity contribution >= 4 is 16.6 Å². The Hall–Kier alpha value is -1.81. The number of hydrogen-bond donors (Lipinski definition) is 1. The van der Waals surface area contributed by atoms with Gasteiger partial charge in [-0.05, 0) is 37.1 Å². The number of aromatic amines is 1.